The van der Waals surface area contributed by atoms with Gasteiger partial charge in [-0.2, -0.15) is 0 Å². The van der Waals surface area contributed by atoms with Crippen molar-refractivity contribution in [3.05, 3.63) is 29.8 Å². The van der Waals surface area contributed by atoms with E-state index in [1.165, 1.54) is 0 Å². The van der Waals surface area contributed by atoms with E-state index in [0.717, 1.165) is 12.2 Å². The summed E-state index contributed by atoms with van der Waals surface area (Å²) >= 11 is 0. The summed E-state index contributed by atoms with van der Waals surface area (Å²) in [7, 11) is 0. The quantitative estimate of drug-likeness (QED) is 0.741. The van der Waals surface area contributed by atoms with Crippen LogP contribution in [0.3, 0.4) is 0 Å². The Hall–Kier alpha value is -2.04. The van der Waals surface area contributed by atoms with Crippen molar-refractivity contribution in [1.82, 2.24) is 5.32 Å². The SMILES string of the molecule is CCCOc1ccc(C(=O)NCCC(=O)OCC)cc1. The van der Waals surface area contributed by atoms with Gasteiger partial charge in [-0.3, -0.25) is 9.59 Å². The van der Waals surface area contributed by atoms with Gasteiger partial charge in [0.15, 0.2) is 0 Å². The molecule has 20 heavy (non-hydrogen) atoms. The highest BCUT2D eigenvalue weighted by molar-refractivity contribution is 5.94. The fourth-order valence-electron chi connectivity index (χ4n) is 1.54. The Labute approximate surface area is 119 Å². The average molecular weight is 279 g/mol. The number of esters is 1. The molecular weight excluding hydrogens is 258 g/mol. The van der Waals surface area contributed by atoms with Gasteiger partial charge in [0.1, 0.15) is 5.75 Å². The Morgan fingerprint density at radius 3 is 2.45 bits per heavy atom. The number of rotatable bonds is 8. The molecule has 5 heteroatoms. The molecule has 110 valence electrons. The molecule has 5 nitrogen and oxygen atoms in total. The van der Waals surface area contributed by atoms with Crippen molar-refractivity contribution in [2.24, 2.45) is 0 Å². The van der Waals surface area contributed by atoms with Gasteiger partial charge in [-0.15, -0.1) is 0 Å². The van der Waals surface area contributed by atoms with Crippen LogP contribution >= 0.6 is 0 Å². The van der Waals surface area contributed by atoms with Crippen molar-refractivity contribution in [3.63, 3.8) is 0 Å². The topological polar surface area (TPSA) is 64.6 Å². The zero-order valence-electron chi connectivity index (χ0n) is 12.0. The van der Waals surface area contributed by atoms with Gasteiger partial charge in [0.05, 0.1) is 19.6 Å². The van der Waals surface area contributed by atoms with Crippen molar-refractivity contribution in [2.45, 2.75) is 26.7 Å². The van der Waals surface area contributed by atoms with Crippen LogP contribution in [0.25, 0.3) is 0 Å². The first-order valence-corrected chi connectivity index (χ1v) is 6.84. The van der Waals surface area contributed by atoms with E-state index in [9.17, 15) is 9.59 Å². The molecule has 0 aliphatic heterocycles. The van der Waals surface area contributed by atoms with Crippen LogP contribution in [0.2, 0.25) is 0 Å². The van der Waals surface area contributed by atoms with Gasteiger partial charge in [-0.25, -0.2) is 0 Å². The highest BCUT2D eigenvalue weighted by Crippen LogP contribution is 2.12. The minimum atomic E-state index is -0.309. The van der Waals surface area contributed by atoms with Gasteiger partial charge >= 0.3 is 5.97 Å². The normalized spacial score (nSPS) is 9.90. The number of carbonyl (C=O) groups excluding carboxylic acids is 2. The fraction of sp³-hybridized carbons (Fsp3) is 0.467. The van der Waals surface area contributed by atoms with Crippen LogP contribution < -0.4 is 10.1 Å². The Balaban J connectivity index is 2.37. The highest BCUT2D eigenvalue weighted by atomic mass is 16.5. The molecular formula is C15H21NO4. The molecule has 0 bridgehead atoms. The third kappa shape index (κ3) is 5.73. The number of carbonyl (C=O) groups is 2. The molecule has 0 fully saturated rings. The number of nitrogens with one attached hydrogen (secondary N) is 1. The second-order valence-corrected chi connectivity index (χ2v) is 4.18. The molecule has 0 radical (unpaired) electrons. The Morgan fingerprint density at radius 1 is 1.15 bits per heavy atom. The fourth-order valence-corrected chi connectivity index (χ4v) is 1.54. The van der Waals surface area contributed by atoms with E-state index in [1.807, 2.05) is 6.92 Å². The zero-order valence-corrected chi connectivity index (χ0v) is 12.0. The summed E-state index contributed by atoms with van der Waals surface area (Å²) in [6.45, 7) is 5.06. The van der Waals surface area contributed by atoms with Crippen LogP contribution in [-0.2, 0) is 9.53 Å². The minimum absolute atomic E-state index is 0.178. The van der Waals surface area contributed by atoms with Crippen molar-refractivity contribution >= 4 is 11.9 Å². The zero-order chi connectivity index (χ0) is 14.8. The molecule has 0 saturated carbocycles. The predicted octanol–water partition coefficient (Wildman–Crippen LogP) is 2.16. The second-order valence-electron chi connectivity index (χ2n) is 4.18. The van der Waals surface area contributed by atoms with Gasteiger partial charge in [-0.1, -0.05) is 6.92 Å². The standard InChI is InChI=1S/C15H21NO4/c1-3-11-20-13-7-5-12(6-8-13)15(18)16-10-9-14(17)19-4-2/h5-8H,3-4,9-11H2,1-2H3,(H,16,18). The maximum Gasteiger partial charge on any atom is 0.307 e. The van der Waals surface area contributed by atoms with Crippen LogP contribution in [0.1, 0.15) is 37.0 Å². The lowest BCUT2D eigenvalue weighted by atomic mass is 10.2. The van der Waals surface area contributed by atoms with Crippen molar-refractivity contribution in [2.75, 3.05) is 19.8 Å². The molecule has 0 aromatic heterocycles. The number of hydrogen-bond acceptors (Lipinski definition) is 4. The van der Waals surface area contributed by atoms with Gasteiger partial charge in [0.2, 0.25) is 0 Å². The molecule has 0 unspecified atom stereocenters. The lowest BCUT2D eigenvalue weighted by molar-refractivity contribution is -0.142. The Kier molecular flexibility index (Phi) is 7.17. The van der Waals surface area contributed by atoms with Crippen LogP contribution in [0.4, 0.5) is 0 Å². The summed E-state index contributed by atoms with van der Waals surface area (Å²) in [5.74, 6) is 0.224. The summed E-state index contributed by atoms with van der Waals surface area (Å²) in [5.41, 5.74) is 0.540. The number of benzene rings is 1. The lowest BCUT2D eigenvalue weighted by Crippen LogP contribution is -2.26. The molecule has 0 aliphatic rings. The molecule has 0 aliphatic carbocycles. The van der Waals surface area contributed by atoms with Gasteiger partial charge < -0.3 is 14.8 Å². The van der Waals surface area contributed by atoms with E-state index < -0.39 is 0 Å². The van der Waals surface area contributed by atoms with E-state index in [4.69, 9.17) is 9.47 Å². The number of hydrogen-bond donors (Lipinski definition) is 1. The smallest absolute Gasteiger partial charge is 0.307 e. The summed E-state index contributed by atoms with van der Waals surface area (Å²) in [6.07, 6.45) is 1.12. The molecule has 1 amide bonds. The molecule has 0 saturated heterocycles. The second kappa shape index (κ2) is 8.96. The van der Waals surface area contributed by atoms with Gasteiger partial charge in [0.25, 0.3) is 5.91 Å². The van der Waals surface area contributed by atoms with Crippen molar-refractivity contribution < 1.29 is 19.1 Å². The first-order valence-electron chi connectivity index (χ1n) is 6.84. The largest absolute Gasteiger partial charge is 0.494 e. The van der Waals surface area contributed by atoms with E-state index in [2.05, 4.69) is 5.32 Å². The summed E-state index contributed by atoms with van der Waals surface area (Å²) in [5, 5.41) is 2.67. The summed E-state index contributed by atoms with van der Waals surface area (Å²) in [6, 6.07) is 6.92. The highest BCUT2D eigenvalue weighted by Gasteiger charge is 2.07. The van der Waals surface area contributed by atoms with E-state index in [1.54, 1.807) is 31.2 Å². The maximum atomic E-state index is 11.8. The van der Waals surface area contributed by atoms with Crippen LogP contribution in [0, 0.1) is 0 Å². The number of ether oxygens (including phenoxy) is 2. The Morgan fingerprint density at radius 2 is 1.85 bits per heavy atom. The average Bonchev–Trinajstić information content (AvgIpc) is 2.46. The third-order valence-electron chi connectivity index (χ3n) is 2.51. The molecule has 1 rings (SSSR count). The summed E-state index contributed by atoms with van der Waals surface area (Å²) in [4.78, 5) is 22.9. The first kappa shape index (κ1) is 16.0. The third-order valence-corrected chi connectivity index (χ3v) is 2.51. The van der Waals surface area contributed by atoms with Crippen LogP contribution in [0.15, 0.2) is 24.3 Å². The summed E-state index contributed by atoms with van der Waals surface area (Å²) < 4.78 is 10.2. The lowest BCUT2D eigenvalue weighted by Gasteiger charge is -2.07. The van der Waals surface area contributed by atoms with Gasteiger partial charge in [-0.05, 0) is 37.6 Å². The van der Waals surface area contributed by atoms with Crippen LogP contribution in [0.5, 0.6) is 5.75 Å². The molecule has 0 atom stereocenters. The Bertz CT molecular complexity index is 428. The molecule has 0 spiro atoms. The van der Waals surface area contributed by atoms with Crippen LogP contribution in [-0.4, -0.2) is 31.6 Å². The van der Waals surface area contributed by atoms with Crippen molar-refractivity contribution in [3.8, 4) is 5.75 Å². The maximum absolute atomic E-state index is 11.8. The van der Waals surface area contributed by atoms with E-state index >= 15 is 0 Å². The monoisotopic (exact) mass is 279 g/mol. The van der Waals surface area contributed by atoms with Crippen molar-refractivity contribution in [1.29, 1.82) is 0 Å². The predicted molar refractivity (Wildman–Crippen MR) is 75.8 cm³/mol. The number of amides is 1. The molecule has 1 N–H and O–H groups in total. The minimum Gasteiger partial charge on any atom is -0.494 e. The molecule has 1 aromatic carbocycles. The molecule has 1 aromatic rings. The first-order chi connectivity index (χ1) is 9.67. The molecule has 0 heterocycles. The van der Waals surface area contributed by atoms with E-state index in [-0.39, 0.29) is 24.8 Å². The van der Waals surface area contributed by atoms with E-state index in [0.29, 0.717) is 18.8 Å². The van der Waals surface area contributed by atoms with Gasteiger partial charge in [0, 0.05) is 12.1 Å².